The molecule has 0 bridgehead atoms. The zero-order chi connectivity index (χ0) is 22.9. The van der Waals surface area contributed by atoms with E-state index >= 15 is 0 Å². The van der Waals surface area contributed by atoms with E-state index in [0.29, 0.717) is 17.5 Å². The highest BCUT2D eigenvalue weighted by Crippen LogP contribution is 2.47. The normalized spacial score (nSPS) is 26.4. The molecule has 2 N–H and O–H groups in total. The standard InChI is InChI=1S/C23H23F2N3O4/c1-11-5-7-23(12(11)2)26-20(30)18-14-6-8-27(10-13-3-4-15(24)16(25)9-13)21(31)17(14)19(29)22(32)28(18)23/h3-4,9,11-12,29H,5-8,10H2,1-2H3,(H,26,30). The van der Waals surface area contributed by atoms with Crippen molar-refractivity contribution < 1.29 is 23.5 Å². The number of benzene rings is 1. The molecule has 1 aromatic heterocycles. The lowest BCUT2D eigenvalue weighted by Crippen LogP contribution is -2.50. The highest BCUT2D eigenvalue weighted by molar-refractivity contribution is 6.05. The average Bonchev–Trinajstić information content (AvgIpc) is 3.21. The Morgan fingerprint density at radius 2 is 1.94 bits per heavy atom. The van der Waals surface area contributed by atoms with E-state index < -0.39 is 40.4 Å². The summed E-state index contributed by atoms with van der Waals surface area (Å²) in [5.74, 6) is -3.46. The minimum Gasteiger partial charge on any atom is -0.502 e. The van der Waals surface area contributed by atoms with Crippen LogP contribution in [0.1, 0.15) is 58.7 Å². The van der Waals surface area contributed by atoms with Crippen molar-refractivity contribution >= 4 is 11.8 Å². The summed E-state index contributed by atoms with van der Waals surface area (Å²) in [5.41, 5.74) is -0.966. The van der Waals surface area contributed by atoms with Crippen LogP contribution in [0.3, 0.4) is 0 Å². The number of hydrogen-bond acceptors (Lipinski definition) is 4. The summed E-state index contributed by atoms with van der Waals surface area (Å²) in [6, 6.07) is 3.37. The van der Waals surface area contributed by atoms with Gasteiger partial charge in [-0.25, -0.2) is 8.78 Å². The van der Waals surface area contributed by atoms with Gasteiger partial charge in [0.25, 0.3) is 17.4 Å². The number of aromatic nitrogens is 1. The molecule has 3 unspecified atom stereocenters. The average molecular weight is 443 g/mol. The van der Waals surface area contributed by atoms with E-state index in [4.69, 9.17) is 0 Å². The monoisotopic (exact) mass is 443 g/mol. The van der Waals surface area contributed by atoms with Crippen LogP contribution >= 0.6 is 0 Å². The number of rotatable bonds is 2. The van der Waals surface area contributed by atoms with Crippen LogP contribution < -0.4 is 10.9 Å². The number of nitrogens with one attached hydrogen (secondary N) is 1. The van der Waals surface area contributed by atoms with E-state index in [1.807, 2.05) is 6.92 Å². The predicted molar refractivity (Wildman–Crippen MR) is 110 cm³/mol. The van der Waals surface area contributed by atoms with Gasteiger partial charge in [0, 0.05) is 24.6 Å². The SMILES string of the molecule is CC1CCC2(NC(=O)c3c4c(c(O)c(=O)n32)C(=O)N(Cc2ccc(F)c(F)c2)CC4)C1C. The Kier molecular flexibility index (Phi) is 4.44. The lowest BCUT2D eigenvalue weighted by molar-refractivity contribution is 0.0720. The van der Waals surface area contributed by atoms with Crippen LogP contribution in [0.5, 0.6) is 5.75 Å². The number of carbonyl (C=O) groups is 2. The van der Waals surface area contributed by atoms with Gasteiger partial charge in [-0.15, -0.1) is 0 Å². The number of carbonyl (C=O) groups excluding carboxylic acids is 2. The first-order chi connectivity index (χ1) is 15.2. The third-order valence-electron chi connectivity index (χ3n) is 7.48. The fourth-order valence-electron chi connectivity index (χ4n) is 5.52. The Labute approximate surface area is 182 Å². The van der Waals surface area contributed by atoms with Crippen molar-refractivity contribution in [1.82, 2.24) is 14.8 Å². The first kappa shape index (κ1) is 20.7. The maximum atomic E-state index is 13.6. The summed E-state index contributed by atoms with van der Waals surface area (Å²) in [6.45, 7) is 4.23. The second-order valence-electron chi connectivity index (χ2n) is 9.10. The molecule has 0 saturated heterocycles. The van der Waals surface area contributed by atoms with Crippen molar-refractivity contribution in [2.75, 3.05) is 6.54 Å². The molecule has 5 rings (SSSR count). The fraction of sp³-hybridized carbons (Fsp3) is 0.435. The number of pyridine rings is 1. The van der Waals surface area contributed by atoms with E-state index in [-0.39, 0.29) is 42.6 Å². The smallest absolute Gasteiger partial charge is 0.296 e. The van der Waals surface area contributed by atoms with Crippen LogP contribution in [0, 0.1) is 23.5 Å². The Morgan fingerprint density at radius 3 is 2.59 bits per heavy atom. The molecule has 2 amide bonds. The second-order valence-corrected chi connectivity index (χ2v) is 9.10. The summed E-state index contributed by atoms with van der Waals surface area (Å²) in [4.78, 5) is 40.8. The molecule has 2 aromatic rings. The van der Waals surface area contributed by atoms with Crippen molar-refractivity contribution in [3.8, 4) is 5.75 Å². The van der Waals surface area contributed by atoms with Gasteiger partial charge < -0.3 is 15.3 Å². The molecule has 1 fully saturated rings. The topological polar surface area (TPSA) is 91.6 Å². The molecule has 9 heteroatoms. The minimum atomic E-state index is -1.02. The third-order valence-corrected chi connectivity index (χ3v) is 7.48. The van der Waals surface area contributed by atoms with E-state index in [1.165, 1.54) is 15.5 Å². The fourth-order valence-corrected chi connectivity index (χ4v) is 5.52. The zero-order valence-corrected chi connectivity index (χ0v) is 17.7. The van der Waals surface area contributed by atoms with E-state index in [0.717, 1.165) is 18.6 Å². The third kappa shape index (κ3) is 2.66. The molecular weight excluding hydrogens is 420 g/mol. The Morgan fingerprint density at radius 1 is 1.19 bits per heavy atom. The maximum Gasteiger partial charge on any atom is 0.296 e. The number of fused-ring (bicyclic) bond motifs is 4. The predicted octanol–water partition coefficient (Wildman–Crippen LogP) is 2.49. The summed E-state index contributed by atoms with van der Waals surface area (Å²) < 4.78 is 28.2. The first-order valence-electron chi connectivity index (χ1n) is 10.7. The Hall–Kier alpha value is -3.23. The van der Waals surface area contributed by atoms with Crippen molar-refractivity contribution in [3.05, 3.63) is 62.6 Å². The highest BCUT2D eigenvalue weighted by Gasteiger charge is 2.54. The molecule has 168 valence electrons. The number of halogens is 2. The number of nitrogens with zero attached hydrogens (tertiary/aromatic N) is 2. The van der Waals surface area contributed by atoms with Crippen LogP contribution in [0.15, 0.2) is 23.0 Å². The Balaban J connectivity index is 1.59. The van der Waals surface area contributed by atoms with Crippen LogP contribution in [0.4, 0.5) is 8.78 Å². The van der Waals surface area contributed by atoms with Crippen molar-refractivity contribution in [3.63, 3.8) is 0 Å². The summed E-state index contributed by atoms with van der Waals surface area (Å²) in [7, 11) is 0. The lowest BCUT2D eigenvalue weighted by atomic mass is 9.91. The summed E-state index contributed by atoms with van der Waals surface area (Å²) >= 11 is 0. The van der Waals surface area contributed by atoms with Gasteiger partial charge >= 0.3 is 0 Å². The van der Waals surface area contributed by atoms with Crippen LogP contribution in [0.25, 0.3) is 0 Å². The molecule has 7 nitrogen and oxygen atoms in total. The van der Waals surface area contributed by atoms with Gasteiger partial charge in [0.15, 0.2) is 17.4 Å². The number of hydrogen-bond donors (Lipinski definition) is 2. The van der Waals surface area contributed by atoms with Gasteiger partial charge in [-0.2, -0.15) is 0 Å². The number of amides is 2. The minimum absolute atomic E-state index is 0.0159. The van der Waals surface area contributed by atoms with Crippen molar-refractivity contribution in [2.45, 2.75) is 45.3 Å². The largest absolute Gasteiger partial charge is 0.502 e. The molecule has 3 atom stereocenters. The second kappa shape index (κ2) is 6.88. The molecule has 1 saturated carbocycles. The van der Waals surface area contributed by atoms with E-state index in [9.17, 15) is 28.3 Å². The molecule has 2 aliphatic heterocycles. The van der Waals surface area contributed by atoms with Crippen LogP contribution in [-0.2, 0) is 18.6 Å². The zero-order valence-electron chi connectivity index (χ0n) is 17.7. The number of aromatic hydroxyl groups is 1. The summed E-state index contributed by atoms with van der Waals surface area (Å²) in [6.07, 6.45) is 1.65. The van der Waals surface area contributed by atoms with Crippen molar-refractivity contribution in [1.29, 1.82) is 0 Å². The highest BCUT2D eigenvalue weighted by atomic mass is 19.2. The first-order valence-corrected chi connectivity index (χ1v) is 10.7. The van der Waals surface area contributed by atoms with Crippen LogP contribution in [0.2, 0.25) is 0 Å². The molecule has 1 spiro atoms. The maximum absolute atomic E-state index is 13.6. The Bertz CT molecular complexity index is 1240. The van der Waals surface area contributed by atoms with Crippen LogP contribution in [-0.4, -0.2) is 32.9 Å². The van der Waals surface area contributed by atoms with E-state index in [2.05, 4.69) is 12.2 Å². The molecule has 3 aliphatic rings. The van der Waals surface area contributed by atoms with E-state index in [1.54, 1.807) is 0 Å². The molecule has 0 radical (unpaired) electrons. The van der Waals surface area contributed by atoms with Gasteiger partial charge in [0.1, 0.15) is 11.4 Å². The molecule has 1 aliphatic carbocycles. The van der Waals surface area contributed by atoms with Gasteiger partial charge in [-0.3, -0.25) is 19.0 Å². The van der Waals surface area contributed by atoms with Gasteiger partial charge in [0.05, 0.1) is 5.56 Å². The quantitative estimate of drug-likeness (QED) is 0.746. The van der Waals surface area contributed by atoms with Gasteiger partial charge in [0.2, 0.25) is 0 Å². The molecule has 32 heavy (non-hydrogen) atoms. The van der Waals surface area contributed by atoms with Gasteiger partial charge in [-0.1, -0.05) is 19.9 Å². The van der Waals surface area contributed by atoms with Crippen molar-refractivity contribution in [2.24, 2.45) is 11.8 Å². The lowest BCUT2D eigenvalue weighted by Gasteiger charge is -2.34. The molecular formula is C23H23F2N3O4. The molecule has 3 heterocycles. The van der Waals surface area contributed by atoms with Gasteiger partial charge in [-0.05, 0) is 42.9 Å². The molecule has 1 aromatic carbocycles. The summed E-state index contributed by atoms with van der Waals surface area (Å²) in [5, 5.41) is 13.8.